The Labute approximate surface area is 176 Å². The maximum Gasteiger partial charge on any atom is 0.492 e. The molecule has 0 bridgehead atoms. The molecule has 0 amide bonds. The summed E-state index contributed by atoms with van der Waals surface area (Å²) >= 11 is 0. The van der Waals surface area contributed by atoms with Crippen LogP contribution in [0.5, 0.6) is 0 Å². The molecular weight excluding hydrogens is 393 g/mol. The highest BCUT2D eigenvalue weighted by atomic mass is 19.3. The standard InChI is InChI=1S/C22H29BF2O5/c1-13(2)17(21(27)30-16-8-10-22(24,25)11-9-16)6-7-19(26)18-5-4-15-12-29-23(28)20(15)14(18)3/h4-5,13,16-17,28H,6-12H2,1-3H3/t17-/m0/s1. The molecule has 1 aliphatic heterocycles. The molecular formula is C22H29BF2O5. The molecule has 8 heteroatoms. The molecule has 1 fully saturated rings. The van der Waals surface area contributed by atoms with Gasteiger partial charge in [0.15, 0.2) is 5.78 Å². The molecule has 1 N–H and O–H groups in total. The first kappa shape index (κ1) is 22.9. The van der Waals surface area contributed by atoms with Crippen LogP contribution in [0.3, 0.4) is 0 Å². The van der Waals surface area contributed by atoms with Gasteiger partial charge in [0, 0.05) is 24.8 Å². The summed E-state index contributed by atoms with van der Waals surface area (Å²) in [5, 5.41) is 9.98. The van der Waals surface area contributed by atoms with Crippen LogP contribution in [0.2, 0.25) is 0 Å². The largest absolute Gasteiger partial charge is 0.492 e. The van der Waals surface area contributed by atoms with E-state index in [0.29, 0.717) is 29.6 Å². The Morgan fingerprint density at radius 3 is 2.60 bits per heavy atom. The molecule has 1 aromatic rings. The summed E-state index contributed by atoms with van der Waals surface area (Å²) in [6.07, 6.45) is -0.172. The first-order valence-corrected chi connectivity index (χ1v) is 10.6. The average molecular weight is 422 g/mol. The van der Waals surface area contributed by atoms with E-state index in [2.05, 4.69) is 0 Å². The number of alkyl halides is 2. The molecule has 1 atom stereocenters. The number of esters is 1. The van der Waals surface area contributed by atoms with Gasteiger partial charge in [-0.15, -0.1) is 0 Å². The Balaban J connectivity index is 1.60. The van der Waals surface area contributed by atoms with E-state index >= 15 is 0 Å². The molecule has 5 nitrogen and oxygen atoms in total. The molecule has 0 spiro atoms. The molecule has 30 heavy (non-hydrogen) atoms. The van der Waals surface area contributed by atoms with Gasteiger partial charge >= 0.3 is 13.1 Å². The van der Waals surface area contributed by atoms with Crippen molar-refractivity contribution in [1.82, 2.24) is 0 Å². The van der Waals surface area contributed by atoms with Crippen LogP contribution < -0.4 is 5.46 Å². The first-order valence-electron chi connectivity index (χ1n) is 10.6. The van der Waals surface area contributed by atoms with Crippen molar-refractivity contribution >= 4 is 24.3 Å². The van der Waals surface area contributed by atoms with Crippen molar-refractivity contribution in [2.24, 2.45) is 11.8 Å². The maximum atomic E-state index is 13.3. The van der Waals surface area contributed by atoms with E-state index in [-0.39, 0.29) is 43.8 Å². The van der Waals surface area contributed by atoms with Gasteiger partial charge in [0.25, 0.3) is 0 Å². The Bertz CT molecular complexity index is 801. The lowest BCUT2D eigenvalue weighted by Crippen LogP contribution is -2.34. The minimum Gasteiger partial charge on any atom is -0.462 e. The Kier molecular flexibility index (Phi) is 6.97. The summed E-state index contributed by atoms with van der Waals surface area (Å²) in [5.41, 5.74) is 2.74. The van der Waals surface area contributed by atoms with E-state index in [9.17, 15) is 23.4 Å². The van der Waals surface area contributed by atoms with Crippen molar-refractivity contribution in [3.05, 3.63) is 28.8 Å². The lowest BCUT2D eigenvalue weighted by atomic mass is 9.74. The minimum atomic E-state index is -2.67. The van der Waals surface area contributed by atoms with Crippen LogP contribution >= 0.6 is 0 Å². The van der Waals surface area contributed by atoms with Gasteiger partial charge in [-0.3, -0.25) is 9.59 Å². The maximum absolute atomic E-state index is 13.3. The average Bonchev–Trinajstić information content (AvgIpc) is 3.05. The number of hydrogen-bond acceptors (Lipinski definition) is 5. The fourth-order valence-corrected chi connectivity index (χ4v) is 4.34. The number of benzene rings is 1. The van der Waals surface area contributed by atoms with Gasteiger partial charge in [0.05, 0.1) is 12.5 Å². The van der Waals surface area contributed by atoms with Crippen molar-refractivity contribution in [2.75, 3.05) is 0 Å². The topological polar surface area (TPSA) is 72.8 Å². The smallest absolute Gasteiger partial charge is 0.462 e. The monoisotopic (exact) mass is 422 g/mol. The molecule has 0 saturated heterocycles. The second-order valence-corrected chi connectivity index (χ2v) is 8.78. The lowest BCUT2D eigenvalue weighted by molar-refractivity contribution is -0.161. The molecule has 0 aromatic heterocycles. The zero-order valence-corrected chi connectivity index (χ0v) is 17.7. The van der Waals surface area contributed by atoms with Crippen LogP contribution in [-0.2, 0) is 20.8 Å². The summed E-state index contributed by atoms with van der Waals surface area (Å²) in [4.78, 5) is 25.5. The molecule has 0 unspecified atom stereocenters. The predicted molar refractivity (Wildman–Crippen MR) is 109 cm³/mol. The van der Waals surface area contributed by atoms with Gasteiger partial charge in [0.2, 0.25) is 5.92 Å². The fraction of sp³-hybridized carbons (Fsp3) is 0.636. The molecule has 1 aromatic carbocycles. The zero-order valence-electron chi connectivity index (χ0n) is 17.7. The highest BCUT2D eigenvalue weighted by molar-refractivity contribution is 6.62. The number of halogens is 2. The number of carbonyl (C=O) groups excluding carboxylic acids is 2. The second kappa shape index (κ2) is 9.14. The van der Waals surface area contributed by atoms with Crippen molar-refractivity contribution in [2.45, 2.75) is 77.9 Å². The van der Waals surface area contributed by atoms with E-state index in [1.807, 2.05) is 13.8 Å². The van der Waals surface area contributed by atoms with E-state index in [0.717, 1.165) is 5.56 Å². The third-order valence-corrected chi connectivity index (χ3v) is 6.29. The van der Waals surface area contributed by atoms with Crippen molar-refractivity contribution in [3.63, 3.8) is 0 Å². The van der Waals surface area contributed by atoms with Gasteiger partial charge in [-0.1, -0.05) is 26.0 Å². The van der Waals surface area contributed by atoms with Gasteiger partial charge in [-0.25, -0.2) is 8.78 Å². The van der Waals surface area contributed by atoms with Crippen LogP contribution in [-0.4, -0.2) is 35.9 Å². The number of ether oxygens (including phenoxy) is 1. The Hall–Kier alpha value is -1.80. The number of Topliss-reactive ketones (excluding diaryl/α,β-unsaturated/α-hetero) is 1. The van der Waals surface area contributed by atoms with Gasteiger partial charge in [0.1, 0.15) is 6.10 Å². The summed E-state index contributed by atoms with van der Waals surface area (Å²) < 4.78 is 37.4. The second-order valence-electron chi connectivity index (χ2n) is 8.78. The van der Waals surface area contributed by atoms with E-state index in [1.54, 1.807) is 19.1 Å². The van der Waals surface area contributed by atoms with E-state index in [1.165, 1.54) is 0 Å². The lowest BCUT2D eigenvalue weighted by Gasteiger charge is -2.30. The zero-order chi connectivity index (χ0) is 22.1. The quantitative estimate of drug-likeness (QED) is 0.413. The van der Waals surface area contributed by atoms with E-state index in [4.69, 9.17) is 9.39 Å². The van der Waals surface area contributed by atoms with Crippen LogP contribution in [0.25, 0.3) is 0 Å². The third kappa shape index (κ3) is 5.09. The molecule has 1 saturated carbocycles. The van der Waals surface area contributed by atoms with Crippen LogP contribution in [0.4, 0.5) is 8.78 Å². The van der Waals surface area contributed by atoms with Gasteiger partial charge in [-0.2, -0.15) is 0 Å². The SMILES string of the molecule is Cc1c(C(=O)CC[C@H](C(=O)OC2CCC(F)(F)CC2)C(C)C)ccc2c1B(O)OC2. The minimum absolute atomic E-state index is 0.0355. The van der Waals surface area contributed by atoms with Crippen LogP contribution in [0.15, 0.2) is 12.1 Å². The van der Waals surface area contributed by atoms with Crippen molar-refractivity contribution < 1.29 is 32.8 Å². The molecule has 164 valence electrons. The normalized spacial score (nSPS) is 19.6. The first-order chi connectivity index (χ1) is 14.1. The van der Waals surface area contributed by atoms with Gasteiger partial charge in [-0.05, 0) is 48.7 Å². The summed E-state index contributed by atoms with van der Waals surface area (Å²) in [6, 6.07) is 3.53. The van der Waals surface area contributed by atoms with Crippen molar-refractivity contribution in [3.8, 4) is 0 Å². The molecule has 1 heterocycles. The summed E-state index contributed by atoms with van der Waals surface area (Å²) in [7, 11) is -1.02. The highest BCUT2D eigenvalue weighted by Gasteiger charge is 2.37. The number of ketones is 1. The number of rotatable bonds is 7. The number of carbonyl (C=O) groups is 2. The molecule has 2 aliphatic rings. The number of fused-ring (bicyclic) bond motifs is 1. The van der Waals surface area contributed by atoms with Crippen LogP contribution in [0.1, 0.15) is 73.9 Å². The summed E-state index contributed by atoms with van der Waals surface area (Å²) in [5.74, 6) is -3.70. The fourth-order valence-electron chi connectivity index (χ4n) is 4.34. The van der Waals surface area contributed by atoms with Crippen molar-refractivity contribution in [1.29, 1.82) is 0 Å². The van der Waals surface area contributed by atoms with E-state index < -0.39 is 31.0 Å². The molecule has 0 radical (unpaired) electrons. The van der Waals surface area contributed by atoms with Gasteiger partial charge < -0.3 is 14.4 Å². The Morgan fingerprint density at radius 2 is 1.97 bits per heavy atom. The predicted octanol–water partition coefficient (Wildman–Crippen LogP) is 3.57. The summed E-state index contributed by atoms with van der Waals surface area (Å²) in [6.45, 7) is 5.89. The third-order valence-electron chi connectivity index (χ3n) is 6.29. The molecule has 3 rings (SSSR count). The number of hydrogen-bond donors (Lipinski definition) is 1. The molecule has 1 aliphatic carbocycles. The Morgan fingerprint density at radius 1 is 1.30 bits per heavy atom. The highest BCUT2D eigenvalue weighted by Crippen LogP contribution is 2.35. The van der Waals surface area contributed by atoms with Crippen LogP contribution in [0, 0.1) is 18.8 Å².